The van der Waals surface area contributed by atoms with E-state index in [1.807, 2.05) is 0 Å². The third kappa shape index (κ3) is 2.85. The van der Waals surface area contributed by atoms with Crippen molar-refractivity contribution < 1.29 is 19.7 Å². The van der Waals surface area contributed by atoms with E-state index in [0.717, 1.165) is 0 Å². The Morgan fingerprint density at radius 2 is 2.27 bits per heavy atom. The average Bonchev–Trinajstić information content (AvgIpc) is 2.17. The first-order chi connectivity index (χ1) is 7.04. The lowest BCUT2D eigenvalue weighted by atomic mass is 10.0. The predicted octanol–water partition coefficient (Wildman–Crippen LogP) is 0.875. The van der Waals surface area contributed by atoms with Gasteiger partial charge in [0.1, 0.15) is 11.5 Å². The number of phenols is 1. The van der Waals surface area contributed by atoms with Crippen LogP contribution in [0.1, 0.15) is 18.0 Å². The molecule has 0 spiro atoms. The van der Waals surface area contributed by atoms with Crippen LogP contribution in [0.4, 0.5) is 0 Å². The fourth-order valence-electron chi connectivity index (χ4n) is 1.25. The highest BCUT2D eigenvalue weighted by molar-refractivity contribution is 5.68. The van der Waals surface area contributed by atoms with Gasteiger partial charge in [-0.2, -0.15) is 0 Å². The van der Waals surface area contributed by atoms with Crippen LogP contribution in [0, 0.1) is 0 Å². The van der Waals surface area contributed by atoms with Crippen LogP contribution >= 0.6 is 0 Å². The lowest BCUT2D eigenvalue weighted by molar-refractivity contribution is -0.137. The van der Waals surface area contributed by atoms with Gasteiger partial charge in [-0.25, -0.2) is 0 Å². The summed E-state index contributed by atoms with van der Waals surface area (Å²) in [5.41, 5.74) is 6.00. The molecule has 4 N–H and O–H groups in total. The number of carbonyl (C=O) groups is 1. The summed E-state index contributed by atoms with van der Waals surface area (Å²) in [5, 5.41) is 18.1. The van der Waals surface area contributed by atoms with E-state index in [0.29, 0.717) is 11.3 Å². The highest BCUT2D eigenvalue weighted by atomic mass is 16.5. The molecular weight excluding hydrogens is 198 g/mol. The highest BCUT2D eigenvalue weighted by Gasteiger charge is 2.15. The monoisotopic (exact) mass is 211 g/mol. The summed E-state index contributed by atoms with van der Waals surface area (Å²) < 4.78 is 4.95. The molecule has 82 valence electrons. The number of benzene rings is 1. The summed E-state index contributed by atoms with van der Waals surface area (Å²) in [5.74, 6) is -0.502. The zero-order chi connectivity index (χ0) is 11.4. The van der Waals surface area contributed by atoms with Gasteiger partial charge in [0, 0.05) is 11.6 Å². The SMILES string of the molecule is COc1ccc(O)c([C@@H](N)CC(=O)O)c1. The van der Waals surface area contributed by atoms with Gasteiger partial charge >= 0.3 is 5.97 Å². The summed E-state index contributed by atoms with van der Waals surface area (Å²) >= 11 is 0. The van der Waals surface area contributed by atoms with Crippen molar-refractivity contribution in [1.29, 1.82) is 0 Å². The van der Waals surface area contributed by atoms with Gasteiger partial charge < -0.3 is 20.7 Å². The van der Waals surface area contributed by atoms with Crippen LogP contribution < -0.4 is 10.5 Å². The first kappa shape index (κ1) is 11.3. The molecule has 0 saturated heterocycles. The summed E-state index contributed by atoms with van der Waals surface area (Å²) in [6, 6.07) is 3.79. The number of aliphatic carboxylic acids is 1. The molecule has 0 amide bonds. The summed E-state index contributed by atoms with van der Waals surface area (Å²) in [4.78, 5) is 10.5. The molecule has 0 heterocycles. The molecule has 1 aromatic carbocycles. The largest absolute Gasteiger partial charge is 0.508 e. The van der Waals surface area contributed by atoms with Gasteiger partial charge in [-0.1, -0.05) is 0 Å². The number of aromatic hydroxyl groups is 1. The third-order valence-electron chi connectivity index (χ3n) is 2.03. The fourth-order valence-corrected chi connectivity index (χ4v) is 1.25. The third-order valence-corrected chi connectivity index (χ3v) is 2.03. The number of hydrogen-bond donors (Lipinski definition) is 3. The van der Waals surface area contributed by atoms with Gasteiger partial charge in [-0.15, -0.1) is 0 Å². The maximum Gasteiger partial charge on any atom is 0.305 e. The lowest BCUT2D eigenvalue weighted by Gasteiger charge is -2.12. The molecule has 0 saturated carbocycles. The van der Waals surface area contributed by atoms with E-state index >= 15 is 0 Å². The Hall–Kier alpha value is -1.75. The first-order valence-corrected chi connectivity index (χ1v) is 4.39. The smallest absolute Gasteiger partial charge is 0.305 e. The molecule has 0 fully saturated rings. The Bertz CT molecular complexity index is 364. The maximum atomic E-state index is 10.5. The van der Waals surface area contributed by atoms with Crippen LogP contribution in [0.5, 0.6) is 11.5 Å². The molecule has 0 unspecified atom stereocenters. The number of methoxy groups -OCH3 is 1. The van der Waals surface area contributed by atoms with Gasteiger partial charge in [-0.05, 0) is 18.2 Å². The second-order valence-electron chi connectivity index (χ2n) is 3.13. The Balaban J connectivity index is 2.95. The molecule has 5 heteroatoms. The molecule has 0 aromatic heterocycles. The minimum absolute atomic E-state index is 0.0236. The van der Waals surface area contributed by atoms with E-state index in [1.165, 1.54) is 19.2 Å². The molecule has 1 aromatic rings. The number of carboxylic acid groups (broad SMARTS) is 1. The van der Waals surface area contributed by atoms with Gasteiger partial charge in [0.2, 0.25) is 0 Å². The number of phenolic OH excluding ortho intramolecular Hbond substituents is 1. The Morgan fingerprint density at radius 3 is 2.80 bits per heavy atom. The zero-order valence-corrected chi connectivity index (χ0v) is 8.30. The minimum Gasteiger partial charge on any atom is -0.508 e. The molecule has 0 bridgehead atoms. The molecule has 0 aliphatic rings. The van der Waals surface area contributed by atoms with Gasteiger partial charge in [0.25, 0.3) is 0 Å². The number of rotatable bonds is 4. The maximum absolute atomic E-state index is 10.5. The number of carboxylic acids is 1. The van der Waals surface area contributed by atoms with Gasteiger partial charge in [-0.3, -0.25) is 4.79 Å². The van der Waals surface area contributed by atoms with Crippen molar-refractivity contribution in [2.24, 2.45) is 5.73 Å². The quantitative estimate of drug-likeness (QED) is 0.687. The van der Waals surface area contributed by atoms with Crippen molar-refractivity contribution in [1.82, 2.24) is 0 Å². The topological polar surface area (TPSA) is 92.8 Å². The summed E-state index contributed by atoms with van der Waals surface area (Å²) in [6.45, 7) is 0. The summed E-state index contributed by atoms with van der Waals surface area (Å²) in [6.07, 6.45) is -0.235. The van der Waals surface area contributed by atoms with Crippen LogP contribution in [-0.4, -0.2) is 23.3 Å². The van der Waals surface area contributed by atoms with Crippen molar-refractivity contribution >= 4 is 5.97 Å². The second kappa shape index (κ2) is 4.65. The number of ether oxygens (including phenoxy) is 1. The van der Waals surface area contributed by atoms with Crippen LogP contribution in [0.3, 0.4) is 0 Å². The molecule has 0 radical (unpaired) electrons. The van der Waals surface area contributed by atoms with Crippen LogP contribution in [-0.2, 0) is 4.79 Å². The second-order valence-corrected chi connectivity index (χ2v) is 3.13. The molecule has 15 heavy (non-hydrogen) atoms. The molecule has 5 nitrogen and oxygen atoms in total. The van der Waals surface area contributed by atoms with Crippen LogP contribution in [0.15, 0.2) is 18.2 Å². The van der Waals surface area contributed by atoms with Crippen LogP contribution in [0.2, 0.25) is 0 Å². The Labute approximate surface area is 87.1 Å². The van der Waals surface area contributed by atoms with E-state index in [2.05, 4.69) is 0 Å². The van der Waals surface area contributed by atoms with Gasteiger partial charge in [0.15, 0.2) is 0 Å². The molecule has 1 rings (SSSR count). The van der Waals surface area contributed by atoms with Crippen LogP contribution in [0.25, 0.3) is 0 Å². The van der Waals surface area contributed by atoms with E-state index in [4.69, 9.17) is 15.6 Å². The van der Waals surface area contributed by atoms with Crippen molar-refractivity contribution in [3.05, 3.63) is 23.8 Å². The van der Waals surface area contributed by atoms with Gasteiger partial charge in [0.05, 0.1) is 13.5 Å². The molecule has 0 aliphatic heterocycles. The average molecular weight is 211 g/mol. The normalized spacial score (nSPS) is 12.1. The number of hydrogen-bond acceptors (Lipinski definition) is 4. The Kier molecular flexibility index (Phi) is 3.51. The standard InChI is InChI=1S/C10H13NO4/c1-15-6-2-3-9(12)7(4-6)8(11)5-10(13)14/h2-4,8,12H,5,11H2,1H3,(H,13,14)/t8-/m0/s1. The van der Waals surface area contributed by atoms with E-state index in [-0.39, 0.29) is 12.2 Å². The van der Waals surface area contributed by atoms with Crippen molar-refractivity contribution in [2.75, 3.05) is 7.11 Å². The first-order valence-electron chi connectivity index (χ1n) is 4.39. The molecular formula is C10H13NO4. The Morgan fingerprint density at radius 1 is 1.60 bits per heavy atom. The van der Waals surface area contributed by atoms with E-state index in [1.54, 1.807) is 6.07 Å². The minimum atomic E-state index is -1.01. The van der Waals surface area contributed by atoms with Crippen molar-refractivity contribution in [2.45, 2.75) is 12.5 Å². The van der Waals surface area contributed by atoms with E-state index < -0.39 is 12.0 Å². The predicted molar refractivity (Wildman–Crippen MR) is 53.8 cm³/mol. The summed E-state index contributed by atoms with van der Waals surface area (Å²) in [7, 11) is 1.49. The fraction of sp³-hybridized carbons (Fsp3) is 0.300. The van der Waals surface area contributed by atoms with Crippen molar-refractivity contribution in [3.63, 3.8) is 0 Å². The molecule has 1 atom stereocenters. The zero-order valence-electron chi connectivity index (χ0n) is 8.30. The molecule has 0 aliphatic carbocycles. The highest BCUT2D eigenvalue weighted by Crippen LogP contribution is 2.28. The van der Waals surface area contributed by atoms with Crippen molar-refractivity contribution in [3.8, 4) is 11.5 Å². The number of nitrogens with two attached hydrogens (primary N) is 1. The van der Waals surface area contributed by atoms with E-state index in [9.17, 15) is 9.90 Å². The lowest BCUT2D eigenvalue weighted by Crippen LogP contribution is -2.15.